The summed E-state index contributed by atoms with van der Waals surface area (Å²) in [7, 11) is 0. The van der Waals surface area contributed by atoms with Crippen LogP contribution in [0.1, 0.15) is 25.0 Å². The number of urea groups is 1. The summed E-state index contributed by atoms with van der Waals surface area (Å²) in [6.45, 7) is 1.78. The lowest BCUT2D eigenvalue weighted by Crippen LogP contribution is -2.41. The molecule has 0 aliphatic carbocycles. The van der Waals surface area contributed by atoms with Crippen LogP contribution in [0.4, 0.5) is 14.9 Å². The molecular formula is C16H17ClFN3O2. The molecule has 23 heavy (non-hydrogen) atoms. The number of benzene rings is 1. The molecule has 0 aliphatic heterocycles. The predicted molar refractivity (Wildman–Crippen MR) is 86.8 cm³/mol. The molecule has 122 valence electrons. The minimum absolute atomic E-state index is 0.138. The van der Waals surface area contributed by atoms with Gasteiger partial charge < -0.3 is 15.7 Å². The summed E-state index contributed by atoms with van der Waals surface area (Å²) < 4.78 is 13.8. The number of carbonyl (C=O) groups is 1. The first kappa shape index (κ1) is 17.2. The standard InChI is InChI=1S/C16H17ClFN3O2/c1-2-12(14(22)10-6-3-4-7-11(10)18)20-16(23)21-13-8-5-9-19-15(13)17/h3-9,12,14,22H,2H2,1H3,(H2,20,21,23)/t12-,14-/m0/s1. The summed E-state index contributed by atoms with van der Waals surface area (Å²) in [5, 5.41) is 15.6. The number of rotatable bonds is 5. The van der Waals surface area contributed by atoms with Gasteiger partial charge in [-0.3, -0.25) is 0 Å². The van der Waals surface area contributed by atoms with E-state index in [1.54, 1.807) is 25.1 Å². The first-order chi connectivity index (χ1) is 11.0. The van der Waals surface area contributed by atoms with Gasteiger partial charge in [0, 0.05) is 11.8 Å². The van der Waals surface area contributed by atoms with Gasteiger partial charge >= 0.3 is 6.03 Å². The highest BCUT2D eigenvalue weighted by Crippen LogP contribution is 2.22. The molecule has 0 radical (unpaired) electrons. The lowest BCUT2D eigenvalue weighted by Gasteiger charge is -2.23. The molecule has 2 aromatic rings. The van der Waals surface area contributed by atoms with Crippen molar-refractivity contribution in [3.05, 3.63) is 59.1 Å². The van der Waals surface area contributed by atoms with Gasteiger partial charge in [-0.2, -0.15) is 0 Å². The maximum atomic E-state index is 13.8. The maximum Gasteiger partial charge on any atom is 0.319 e. The lowest BCUT2D eigenvalue weighted by atomic mass is 10.00. The Morgan fingerprint density at radius 3 is 2.74 bits per heavy atom. The molecule has 0 saturated heterocycles. The van der Waals surface area contributed by atoms with Crippen LogP contribution in [0, 0.1) is 5.82 Å². The van der Waals surface area contributed by atoms with Crippen molar-refractivity contribution in [3.8, 4) is 0 Å². The van der Waals surface area contributed by atoms with Gasteiger partial charge in [-0.1, -0.05) is 36.7 Å². The highest BCUT2D eigenvalue weighted by molar-refractivity contribution is 6.32. The summed E-state index contributed by atoms with van der Waals surface area (Å²) in [6.07, 6.45) is 0.766. The summed E-state index contributed by atoms with van der Waals surface area (Å²) in [5.74, 6) is -0.518. The van der Waals surface area contributed by atoms with Crippen molar-refractivity contribution >= 4 is 23.3 Å². The Morgan fingerprint density at radius 1 is 1.35 bits per heavy atom. The molecule has 0 bridgehead atoms. The van der Waals surface area contributed by atoms with Crippen LogP contribution in [0.3, 0.4) is 0 Å². The third kappa shape index (κ3) is 4.40. The minimum Gasteiger partial charge on any atom is -0.386 e. The molecule has 2 amide bonds. The number of hydrogen-bond acceptors (Lipinski definition) is 3. The average Bonchev–Trinajstić information content (AvgIpc) is 2.54. The Morgan fingerprint density at radius 2 is 2.09 bits per heavy atom. The topological polar surface area (TPSA) is 74.2 Å². The molecule has 2 atom stereocenters. The highest BCUT2D eigenvalue weighted by atomic mass is 35.5. The van der Waals surface area contributed by atoms with Crippen LogP contribution in [0.25, 0.3) is 0 Å². The number of aliphatic hydroxyl groups excluding tert-OH is 1. The number of aliphatic hydroxyl groups is 1. The van der Waals surface area contributed by atoms with Gasteiger partial charge in [-0.25, -0.2) is 14.2 Å². The van der Waals surface area contributed by atoms with E-state index < -0.39 is 24.0 Å². The normalized spacial score (nSPS) is 13.2. The minimum atomic E-state index is -1.16. The van der Waals surface area contributed by atoms with Crippen molar-refractivity contribution in [2.75, 3.05) is 5.32 Å². The van der Waals surface area contributed by atoms with E-state index in [2.05, 4.69) is 15.6 Å². The van der Waals surface area contributed by atoms with Crippen molar-refractivity contribution < 1.29 is 14.3 Å². The quantitative estimate of drug-likeness (QED) is 0.731. The Hall–Kier alpha value is -2.18. The molecule has 0 spiro atoms. The van der Waals surface area contributed by atoms with Crippen LogP contribution < -0.4 is 10.6 Å². The van der Waals surface area contributed by atoms with Gasteiger partial charge in [0.05, 0.1) is 11.7 Å². The molecule has 1 aromatic carbocycles. The van der Waals surface area contributed by atoms with Gasteiger partial charge in [0.15, 0.2) is 5.15 Å². The molecule has 0 aliphatic rings. The highest BCUT2D eigenvalue weighted by Gasteiger charge is 2.23. The molecule has 5 nitrogen and oxygen atoms in total. The second kappa shape index (κ2) is 7.89. The number of amides is 2. The van der Waals surface area contributed by atoms with Gasteiger partial charge in [0.2, 0.25) is 0 Å². The third-order valence-corrected chi connectivity index (χ3v) is 3.67. The number of carbonyl (C=O) groups excluding carboxylic acids is 1. The van der Waals surface area contributed by atoms with E-state index in [1.165, 1.54) is 24.4 Å². The third-order valence-electron chi connectivity index (χ3n) is 3.37. The number of pyridine rings is 1. The monoisotopic (exact) mass is 337 g/mol. The SMILES string of the molecule is CC[C@H](NC(=O)Nc1cccnc1Cl)[C@@H](O)c1ccccc1F. The molecular weight excluding hydrogens is 321 g/mol. The van der Waals surface area contributed by atoms with E-state index in [1.807, 2.05) is 0 Å². The summed E-state index contributed by atoms with van der Waals surface area (Å²) in [5.41, 5.74) is 0.487. The molecule has 3 N–H and O–H groups in total. The molecule has 1 aromatic heterocycles. The van der Waals surface area contributed by atoms with Crippen molar-refractivity contribution in [2.24, 2.45) is 0 Å². The zero-order valence-electron chi connectivity index (χ0n) is 12.5. The summed E-state index contributed by atoms with van der Waals surface area (Å²) >= 11 is 5.87. The number of aromatic nitrogens is 1. The summed E-state index contributed by atoms with van der Waals surface area (Å²) in [4.78, 5) is 15.9. The molecule has 0 saturated carbocycles. The fourth-order valence-corrected chi connectivity index (χ4v) is 2.31. The number of nitrogens with one attached hydrogen (secondary N) is 2. The van der Waals surface area contributed by atoms with E-state index in [4.69, 9.17) is 11.6 Å². The Balaban J connectivity index is 2.06. The average molecular weight is 338 g/mol. The second-order valence-corrected chi connectivity index (χ2v) is 5.28. The van der Waals surface area contributed by atoms with E-state index in [0.717, 1.165) is 0 Å². The number of hydrogen-bond donors (Lipinski definition) is 3. The van der Waals surface area contributed by atoms with Gasteiger partial charge in [-0.15, -0.1) is 0 Å². The van der Waals surface area contributed by atoms with Crippen LogP contribution in [-0.2, 0) is 0 Å². The van der Waals surface area contributed by atoms with Crippen molar-refractivity contribution in [1.29, 1.82) is 0 Å². The maximum absolute atomic E-state index is 13.8. The van der Waals surface area contributed by atoms with Gasteiger partial charge in [0.1, 0.15) is 11.9 Å². The van der Waals surface area contributed by atoms with Crippen LogP contribution in [-0.4, -0.2) is 22.2 Å². The Labute approximate surface area is 138 Å². The first-order valence-electron chi connectivity index (χ1n) is 7.13. The van der Waals surface area contributed by atoms with Crippen molar-refractivity contribution in [2.45, 2.75) is 25.5 Å². The molecule has 0 unspecified atom stereocenters. The molecule has 2 rings (SSSR count). The predicted octanol–water partition coefficient (Wildman–Crippen LogP) is 3.51. The fourth-order valence-electron chi connectivity index (χ4n) is 2.14. The Kier molecular flexibility index (Phi) is 5.90. The van der Waals surface area contributed by atoms with Gasteiger partial charge in [0.25, 0.3) is 0 Å². The fraction of sp³-hybridized carbons (Fsp3) is 0.250. The van der Waals surface area contributed by atoms with Gasteiger partial charge in [-0.05, 0) is 24.6 Å². The van der Waals surface area contributed by atoms with E-state index in [9.17, 15) is 14.3 Å². The van der Waals surface area contributed by atoms with Crippen LogP contribution in [0.15, 0.2) is 42.6 Å². The number of halogens is 2. The van der Waals surface area contributed by atoms with Crippen molar-refractivity contribution in [3.63, 3.8) is 0 Å². The van der Waals surface area contributed by atoms with Crippen LogP contribution >= 0.6 is 11.6 Å². The van der Waals surface area contributed by atoms with E-state index in [0.29, 0.717) is 12.1 Å². The summed E-state index contributed by atoms with van der Waals surface area (Å²) in [6, 6.07) is 7.95. The van der Waals surface area contributed by atoms with Crippen LogP contribution in [0.5, 0.6) is 0 Å². The zero-order chi connectivity index (χ0) is 16.8. The number of nitrogens with zero attached hydrogens (tertiary/aromatic N) is 1. The molecule has 7 heteroatoms. The van der Waals surface area contributed by atoms with E-state index >= 15 is 0 Å². The Bertz CT molecular complexity index is 684. The van der Waals surface area contributed by atoms with Crippen molar-refractivity contribution in [1.82, 2.24) is 10.3 Å². The number of anilines is 1. The van der Waals surface area contributed by atoms with E-state index in [-0.39, 0.29) is 10.7 Å². The molecule has 1 heterocycles. The smallest absolute Gasteiger partial charge is 0.319 e. The first-order valence-corrected chi connectivity index (χ1v) is 7.51. The zero-order valence-corrected chi connectivity index (χ0v) is 13.2. The largest absolute Gasteiger partial charge is 0.386 e. The second-order valence-electron chi connectivity index (χ2n) is 4.92. The molecule has 0 fully saturated rings. The van der Waals surface area contributed by atoms with Crippen LogP contribution in [0.2, 0.25) is 5.15 Å². The lowest BCUT2D eigenvalue weighted by molar-refractivity contribution is 0.126.